The number of hydrogen-bond donors (Lipinski definition) is 1. The third-order valence-corrected chi connectivity index (χ3v) is 4.83. The molecular formula is C17H16ClN3O4S. The maximum absolute atomic E-state index is 11.9. The predicted molar refractivity (Wildman–Crippen MR) is 98.4 cm³/mol. The van der Waals surface area contributed by atoms with E-state index in [0.29, 0.717) is 34.5 Å². The standard InChI is InChI=1S/C17H16ClN3O4S/c18-11-3-5-12(6-4-11)19-14(22)9-25-16(24)8-13-10-26-17(20-13)21-7-1-2-15(21)23/h3-6,10H,1-2,7-9H2,(H,19,22). The normalized spacial score (nSPS) is 13.7. The molecule has 26 heavy (non-hydrogen) atoms. The average Bonchev–Trinajstić information content (AvgIpc) is 3.24. The topological polar surface area (TPSA) is 88.6 Å². The zero-order chi connectivity index (χ0) is 18.5. The molecular weight excluding hydrogens is 378 g/mol. The van der Waals surface area contributed by atoms with E-state index in [0.717, 1.165) is 6.42 Å². The minimum absolute atomic E-state index is 0.0485. The van der Waals surface area contributed by atoms with Crippen molar-refractivity contribution in [3.63, 3.8) is 0 Å². The summed E-state index contributed by atoms with van der Waals surface area (Å²) >= 11 is 7.09. The number of benzene rings is 1. The Morgan fingerprint density at radius 3 is 2.77 bits per heavy atom. The highest BCUT2D eigenvalue weighted by Crippen LogP contribution is 2.25. The van der Waals surface area contributed by atoms with Gasteiger partial charge in [-0.2, -0.15) is 0 Å². The fraction of sp³-hybridized carbons (Fsp3) is 0.294. The Kier molecular flexibility index (Phi) is 5.85. The van der Waals surface area contributed by atoms with Gasteiger partial charge in [-0.25, -0.2) is 4.98 Å². The first-order valence-electron chi connectivity index (χ1n) is 7.97. The number of esters is 1. The summed E-state index contributed by atoms with van der Waals surface area (Å²) in [7, 11) is 0. The summed E-state index contributed by atoms with van der Waals surface area (Å²) in [6, 6.07) is 6.60. The van der Waals surface area contributed by atoms with Crippen molar-refractivity contribution < 1.29 is 19.1 Å². The van der Waals surface area contributed by atoms with Crippen molar-refractivity contribution in [2.45, 2.75) is 19.3 Å². The molecule has 3 rings (SSSR count). The molecule has 0 radical (unpaired) electrons. The van der Waals surface area contributed by atoms with E-state index in [9.17, 15) is 14.4 Å². The van der Waals surface area contributed by atoms with Crippen LogP contribution in [0.25, 0.3) is 0 Å². The SMILES string of the molecule is O=C(COC(=O)Cc1csc(N2CCCC2=O)n1)Nc1ccc(Cl)cc1. The molecule has 0 saturated carbocycles. The van der Waals surface area contributed by atoms with Crippen LogP contribution < -0.4 is 10.2 Å². The van der Waals surface area contributed by atoms with Crippen molar-refractivity contribution in [1.29, 1.82) is 0 Å². The molecule has 0 aliphatic carbocycles. The number of thiazole rings is 1. The Hall–Kier alpha value is -2.45. The van der Waals surface area contributed by atoms with Crippen molar-refractivity contribution in [1.82, 2.24) is 4.98 Å². The molecule has 1 aliphatic rings. The number of carbonyl (C=O) groups is 3. The zero-order valence-corrected chi connectivity index (χ0v) is 15.3. The molecule has 9 heteroatoms. The predicted octanol–water partition coefficient (Wildman–Crippen LogP) is 2.65. The van der Waals surface area contributed by atoms with Gasteiger partial charge < -0.3 is 10.1 Å². The Bertz CT molecular complexity index is 822. The number of rotatable bonds is 6. The van der Waals surface area contributed by atoms with Gasteiger partial charge in [-0.05, 0) is 30.7 Å². The van der Waals surface area contributed by atoms with Crippen LogP contribution >= 0.6 is 22.9 Å². The van der Waals surface area contributed by atoms with Crippen LogP contribution in [-0.4, -0.2) is 35.9 Å². The Labute approximate surface area is 158 Å². The molecule has 136 valence electrons. The molecule has 1 aromatic heterocycles. The van der Waals surface area contributed by atoms with Gasteiger partial charge in [0.15, 0.2) is 11.7 Å². The second-order valence-corrected chi connectivity index (χ2v) is 6.94. The second-order valence-electron chi connectivity index (χ2n) is 5.66. The molecule has 0 unspecified atom stereocenters. The lowest BCUT2D eigenvalue weighted by Gasteiger charge is -2.10. The van der Waals surface area contributed by atoms with Crippen molar-refractivity contribution >= 4 is 51.5 Å². The largest absolute Gasteiger partial charge is 0.455 e. The number of nitrogens with zero attached hydrogens (tertiary/aromatic N) is 2. The third-order valence-electron chi connectivity index (χ3n) is 3.66. The number of amides is 2. The molecule has 2 amide bonds. The monoisotopic (exact) mass is 393 g/mol. The number of carbonyl (C=O) groups excluding carboxylic acids is 3. The lowest BCUT2D eigenvalue weighted by Crippen LogP contribution is -2.23. The van der Waals surface area contributed by atoms with Gasteiger partial charge in [-0.15, -0.1) is 11.3 Å². The van der Waals surface area contributed by atoms with Gasteiger partial charge in [0, 0.05) is 29.1 Å². The molecule has 2 aromatic rings. The van der Waals surface area contributed by atoms with Crippen LogP contribution in [0.3, 0.4) is 0 Å². The maximum atomic E-state index is 11.9. The van der Waals surface area contributed by atoms with E-state index >= 15 is 0 Å². The highest BCUT2D eigenvalue weighted by Gasteiger charge is 2.24. The molecule has 7 nitrogen and oxygen atoms in total. The van der Waals surface area contributed by atoms with Gasteiger partial charge in [-0.3, -0.25) is 19.3 Å². The van der Waals surface area contributed by atoms with E-state index < -0.39 is 11.9 Å². The first-order chi connectivity index (χ1) is 12.5. The molecule has 1 aliphatic heterocycles. The molecule has 1 aromatic carbocycles. The van der Waals surface area contributed by atoms with Crippen LogP contribution in [0, 0.1) is 0 Å². The van der Waals surface area contributed by atoms with Gasteiger partial charge in [-0.1, -0.05) is 11.6 Å². The van der Waals surface area contributed by atoms with Crippen molar-refractivity contribution in [3.05, 3.63) is 40.4 Å². The Morgan fingerprint density at radius 2 is 2.08 bits per heavy atom. The molecule has 0 spiro atoms. The number of ether oxygens (including phenoxy) is 1. The molecule has 0 atom stereocenters. The molecule has 1 saturated heterocycles. The van der Waals surface area contributed by atoms with Gasteiger partial charge >= 0.3 is 5.97 Å². The van der Waals surface area contributed by atoms with E-state index in [1.165, 1.54) is 11.3 Å². The summed E-state index contributed by atoms with van der Waals surface area (Å²) in [5.74, 6) is -0.949. The van der Waals surface area contributed by atoms with Crippen LogP contribution in [0.1, 0.15) is 18.5 Å². The van der Waals surface area contributed by atoms with Gasteiger partial charge in [0.25, 0.3) is 5.91 Å². The fourth-order valence-corrected chi connectivity index (χ4v) is 3.42. The average molecular weight is 394 g/mol. The van der Waals surface area contributed by atoms with Crippen LogP contribution in [0.2, 0.25) is 5.02 Å². The summed E-state index contributed by atoms with van der Waals surface area (Å²) in [6.07, 6.45) is 1.30. The highest BCUT2D eigenvalue weighted by molar-refractivity contribution is 7.14. The number of nitrogens with one attached hydrogen (secondary N) is 1. The summed E-state index contributed by atoms with van der Waals surface area (Å²) in [4.78, 5) is 41.3. The van der Waals surface area contributed by atoms with Gasteiger partial charge in [0.2, 0.25) is 5.91 Å². The smallest absolute Gasteiger partial charge is 0.312 e. The van der Waals surface area contributed by atoms with Crippen LogP contribution in [-0.2, 0) is 25.5 Å². The lowest BCUT2D eigenvalue weighted by molar-refractivity contribution is -0.146. The van der Waals surface area contributed by atoms with Crippen molar-refractivity contribution in [2.75, 3.05) is 23.4 Å². The van der Waals surface area contributed by atoms with Crippen molar-refractivity contribution in [3.8, 4) is 0 Å². The third kappa shape index (κ3) is 4.80. The summed E-state index contributed by atoms with van der Waals surface area (Å²) in [5.41, 5.74) is 1.09. The Balaban J connectivity index is 1.45. The summed E-state index contributed by atoms with van der Waals surface area (Å²) in [6.45, 7) is 0.268. The summed E-state index contributed by atoms with van der Waals surface area (Å²) < 4.78 is 4.97. The van der Waals surface area contributed by atoms with Crippen LogP contribution in [0.5, 0.6) is 0 Å². The molecule has 1 N–H and O–H groups in total. The van der Waals surface area contributed by atoms with Crippen molar-refractivity contribution in [2.24, 2.45) is 0 Å². The quantitative estimate of drug-likeness (QED) is 0.762. The Morgan fingerprint density at radius 1 is 1.31 bits per heavy atom. The molecule has 1 fully saturated rings. The van der Waals surface area contributed by atoms with E-state index in [-0.39, 0.29) is 18.9 Å². The minimum Gasteiger partial charge on any atom is -0.455 e. The van der Waals surface area contributed by atoms with E-state index in [1.807, 2.05) is 0 Å². The van der Waals surface area contributed by atoms with Gasteiger partial charge in [0.1, 0.15) is 0 Å². The fourth-order valence-electron chi connectivity index (χ4n) is 2.43. The maximum Gasteiger partial charge on any atom is 0.312 e. The lowest BCUT2D eigenvalue weighted by atomic mass is 10.3. The number of aromatic nitrogens is 1. The van der Waals surface area contributed by atoms with Gasteiger partial charge in [0.05, 0.1) is 12.1 Å². The minimum atomic E-state index is -0.555. The number of anilines is 2. The first kappa shape index (κ1) is 18.3. The van der Waals surface area contributed by atoms with E-state index in [2.05, 4.69) is 10.3 Å². The highest BCUT2D eigenvalue weighted by atomic mass is 35.5. The van der Waals surface area contributed by atoms with Crippen LogP contribution in [0.15, 0.2) is 29.6 Å². The zero-order valence-electron chi connectivity index (χ0n) is 13.7. The summed E-state index contributed by atoms with van der Waals surface area (Å²) in [5, 5.41) is 5.48. The van der Waals surface area contributed by atoms with Crippen LogP contribution in [0.4, 0.5) is 10.8 Å². The number of halogens is 1. The molecule has 2 heterocycles. The number of hydrogen-bond acceptors (Lipinski definition) is 6. The van der Waals surface area contributed by atoms with E-state index in [1.54, 1.807) is 34.5 Å². The molecule has 0 bridgehead atoms. The first-order valence-corrected chi connectivity index (χ1v) is 9.23. The second kappa shape index (κ2) is 8.29. The van der Waals surface area contributed by atoms with E-state index in [4.69, 9.17) is 16.3 Å².